The molecule has 1 aliphatic rings. The molecule has 1 saturated heterocycles. The first-order valence-electron chi connectivity index (χ1n) is 5.97. The van der Waals surface area contributed by atoms with E-state index in [4.69, 9.17) is 4.74 Å². The van der Waals surface area contributed by atoms with Crippen molar-refractivity contribution in [3.63, 3.8) is 0 Å². The Kier molecular flexibility index (Phi) is 3.64. The minimum absolute atomic E-state index is 0.0800. The van der Waals surface area contributed by atoms with Crippen molar-refractivity contribution < 1.29 is 14.3 Å². The van der Waals surface area contributed by atoms with Crippen LogP contribution in [0, 0.1) is 5.92 Å². The summed E-state index contributed by atoms with van der Waals surface area (Å²) in [6.45, 7) is 1.11. The van der Waals surface area contributed by atoms with E-state index in [1.807, 2.05) is 0 Å². The number of amides is 1. The predicted octanol–water partition coefficient (Wildman–Crippen LogP) is 0.445. The number of piperidine rings is 1. The summed E-state index contributed by atoms with van der Waals surface area (Å²) in [5.74, 6) is -0.526. The molecule has 0 N–H and O–H groups in total. The minimum Gasteiger partial charge on any atom is -0.469 e. The number of esters is 1. The van der Waals surface area contributed by atoms with Gasteiger partial charge in [0.15, 0.2) is 0 Å². The molecule has 0 aromatic carbocycles. The largest absolute Gasteiger partial charge is 0.469 e. The Balaban J connectivity index is 2.07. The normalized spacial score (nSPS) is 19.7. The third kappa shape index (κ3) is 2.37. The maximum atomic E-state index is 12.3. The van der Waals surface area contributed by atoms with E-state index in [1.165, 1.54) is 7.11 Å². The molecule has 0 radical (unpaired) electrons. The van der Waals surface area contributed by atoms with E-state index < -0.39 is 0 Å². The van der Waals surface area contributed by atoms with Gasteiger partial charge >= 0.3 is 5.97 Å². The zero-order valence-corrected chi connectivity index (χ0v) is 10.6. The van der Waals surface area contributed by atoms with Crippen molar-refractivity contribution in [3.8, 4) is 0 Å². The summed E-state index contributed by atoms with van der Waals surface area (Å²) < 4.78 is 6.42. The van der Waals surface area contributed by atoms with Crippen LogP contribution >= 0.6 is 0 Å². The highest BCUT2D eigenvalue weighted by Gasteiger charge is 2.30. The van der Waals surface area contributed by atoms with Gasteiger partial charge in [-0.05, 0) is 12.8 Å². The first kappa shape index (κ1) is 12.6. The highest BCUT2D eigenvalue weighted by atomic mass is 16.5. The van der Waals surface area contributed by atoms with Crippen LogP contribution < -0.4 is 0 Å². The number of ether oxygens (including phenoxy) is 1. The lowest BCUT2D eigenvalue weighted by Gasteiger charge is -2.31. The molecule has 2 heterocycles. The number of imidazole rings is 1. The van der Waals surface area contributed by atoms with Crippen LogP contribution in [0.4, 0.5) is 0 Å². The number of hydrogen-bond acceptors (Lipinski definition) is 4. The molecule has 1 aromatic rings. The monoisotopic (exact) mass is 251 g/mol. The van der Waals surface area contributed by atoms with Gasteiger partial charge < -0.3 is 14.2 Å². The van der Waals surface area contributed by atoms with E-state index in [0.29, 0.717) is 18.8 Å². The molecule has 1 amide bonds. The third-order valence-corrected chi connectivity index (χ3v) is 3.28. The van der Waals surface area contributed by atoms with Gasteiger partial charge in [-0.15, -0.1) is 0 Å². The number of carbonyl (C=O) groups excluding carboxylic acids is 2. The summed E-state index contributed by atoms with van der Waals surface area (Å²) in [6.07, 6.45) is 4.74. The van der Waals surface area contributed by atoms with Crippen molar-refractivity contribution in [3.05, 3.63) is 18.2 Å². The van der Waals surface area contributed by atoms with E-state index in [2.05, 4.69) is 4.98 Å². The Labute approximate surface area is 106 Å². The second-order valence-electron chi connectivity index (χ2n) is 4.50. The summed E-state index contributed by atoms with van der Waals surface area (Å²) in [4.78, 5) is 29.4. The van der Waals surface area contributed by atoms with Crippen molar-refractivity contribution in [1.29, 1.82) is 0 Å². The number of carbonyl (C=O) groups is 2. The van der Waals surface area contributed by atoms with Gasteiger partial charge in [0.2, 0.25) is 0 Å². The highest BCUT2D eigenvalue weighted by Crippen LogP contribution is 2.19. The molecule has 6 nitrogen and oxygen atoms in total. The average molecular weight is 251 g/mol. The standard InChI is InChI=1S/C12H17N3O3/c1-14-8-13-6-10(14)11(16)15-5-3-4-9(7-15)12(17)18-2/h6,8-9H,3-5,7H2,1-2H3/t9-/m0/s1. The maximum Gasteiger partial charge on any atom is 0.310 e. The summed E-state index contributed by atoms with van der Waals surface area (Å²) in [7, 11) is 3.16. The number of hydrogen-bond donors (Lipinski definition) is 0. The van der Waals surface area contributed by atoms with Crippen molar-refractivity contribution in [1.82, 2.24) is 14.5 Å². The second-order valence-corrected chi connectivity index (χ2v) is 4.50. The first-order valence-corrected chi connectivity index (χ1v) is 5.97. The van der Waals surface area contributed by atoms with Crippen molar-refractivity contribution >= 4 is 11.9 Å². The third-order valence-electron chi connectivity index (χ3n) is 3.28. The number of nitrogens with zero attached hydrogens (tertiary/aromatic N) is 3. The predicted molar refractivity (Wildman–Crippen MR) is 63.9 cm³/mol. The SMILES string of the molecule is COC(=O)[C@H]1CCCN(C(=O)c2cncn2C)C1. The molecule has 0 bridgehead atoms. The number of methoxy groups -OCH3 is 1. The average Bonchev–Trinajstić information content (AvgIpc) is 2.83. The van der Waals surface area contributed by atoms with E-state index in [1.54, 1.807) is 29.0 Å². The van der Waals surface area contributed by atoms with Crippen LogP contribution in [-0.4, -0.2) is 46.5 Å². The number of aryl methyl sites for hydroxylation is 1. The molecule has 1 fully saturated rings. The first-order chi connectivity index (χ1) is 8.63. The molecule has 6 heteroatoms. The minimum atomic E-state index is -0.238. The number of likely N-dealkylation sites (tertiary alicyclic amines) is 1. The number of aromatic nitrogens is 2. The van der Waals surface area contributed by atoms with Crippen LogP contribution in [0.15, 0.2) is 12.5 Å². The van der Waals surface area contributed by atoms with E-state index in [0.717, 1.165) is 12.8 Å². The fourth-order valence-electron chi connectivity index (χ4n) is 2.25. The second kappa shape index (κ2) is 5.20. The summed E-state index contributed by atoms with van der Waals surface area (Å²) in [6, 6.07) is 0. The molecule has 0 saturated carbocycles. The van der Waals surface area contributed by atoms with Crippen molar-refractivity contribution in [2.45, 2.75) is 12.8 Å². The van der Waals surface area contributed by atoms with Gasteiger partial charge in [-0.25, -0.2) is 4.98 Å². The molecule has 0 aliphatic carbocycles. The molecule has 1 aliphatic heterocycles. The van der Waals surface area contributed by atoms with Gasteiger partial charge in [-0.2, -0.15) is 0 Å². The summed E-state index contributed by atoms with van der Waals surface area (Å²) >= 11 is 0. The molecule has 1 atom stereocenters. The van der Waals surface area contributed by atoms with Crippen molar-refractivity contribution in [2.75, 3.05) is 20.2 Å². The lowest BCUT2D eigenvalue weighted by atomic mass is 9.98. The fourth-order valence-corrected chi connectivity index (χ4v) is 2.25. The van der Waals surface area contributed by atoms with E-state index >= 15 is 0 Å². The Bertz CT molecular complexity index is 455. The van der Waals surface area contributed by atoms with Crippen molar-refractivity contribution in [2.24, 2.45) is 13.0 Å². The van der Waals surface area contributed by atoms with Crippen LogP contribution in [0.5, 0.6) is 0 Å². The van der Waals surface area contributed by atoms with Gasteiger partial charge in [0, 0.05) is 20.1 Å². The van der Waals surface area contributed by atoms with Crippen LogP contribution in [0.2, 0.25) is 0 Å². The molecule has 1 aromatic heterocycles. The quantitative estimate of drug-likeness (QED) is 0.716. The van der Waals surface area contributed by atoms with Crippen LogP contribution in [0.25, 0.3) is 0 Å². The van der Waals surface area contributed by atoms with E-state index in [9.17, 15) is 9.59 Å². The van der Waals surface area contributed by atoms with Gasteiger partial charge in [-0.1, -0.05) is 0 Å². The van der Waals surface area contributed by atoms with E-state index in [-0.39, 0.29) is 17.8 Å². The topological polar surface area (TPSA) is 64.4 Å². The Morgan fingerprint density at radius 2 is 2.28 bits per heavy atom. The van der Waals surface area contributed by atoms with Gasteiger partial charge in [0.05, 0.1) is 25.6 Å². The zero-order valence-electron chi connectivity index (χ0n) is 10.6. The smallest absolute Gasteiger partial charge is 0.310 e. The molecule has 2 rings (SSSR count). The Hall–Kier alpha value is -1.85. The summed E-state index contributed by atoms with van der Waals surface area (Å²) in [5, 5.41) is 0. The molecular formula is C12H17N3O3. The lowest BCUT2D eigenvalue weighted by Crippen LogP contribution is -2.43. The lowest BCUT2D eigenvalue weighted by molar-refractivity contribution is -0.146. The maximum absolute atomic E-state index is 12.3. The highest BCUT2D eigenvalue weighted by molar-refractivity contribution is 5.92. The molecule has 0 unspecified atom stereocenters. The van der Waals surface area contributed by atoms with Crippen LogP contribution in [-0.2, 0) is 16.6 Å². The summed E-state index contributed by atoms with van der Waals surface area (Å²) in [5.41, 5.74) is 0.542. The molecule has 98 valence electrons. The number of rotatable bonds is 2. The molecule has 0 spiro atoms. The molecule has 18 heavy (non-hydrogen) atoms. The van der Waals surface area contributed by atoms with Gasteiger partial charge in [0.25, 0.3) is 5.91 Å². The fraction of sp³-hybridized carbons (Fsp3) is 0.583. The van der Waals surface area contributed by atoms with Gasteiger partial charge in [-0.3, -0.25) is 9.59 Å². The van der Waals surface area contributed by atoms with Crippen LogP contribution in [0.3, 0.4) is 0 Å². The van der Waals surface area contributed by atoms with Gasteiger partial charge in [0.1, 0.15) is 5.69 Å². The Morgan fingerprint density at radius 1 is 1.50 bits per heavy atom. The zero-order chi connectivity index (χ0) is 13.1. The molecular weight excluding hydrogens is 234 g/mol. The Morgan fingerprint density at radius 3 is 2.89 bits per heavy atom. The van der Waals surface area contributed by atoms with Crippen LogP contribution in [0.1, 0.15) is 23.3 Å².